The van der Waals surface area contributed by atoms with Crippen molar-refractivity contribution in [1.82, 2.24) is 5.32 Å². The van der Waals surface area contributed by atoms with E-state index in [-0.39, 0.29) is 11.2 Å². The van der Waals surface area contributed by atoms with Crippen LogP contribution < -0.4 is 5.32 Å². The molecule has 0 radical (unpaired) electrons. The number of benzene rings is 1. The van der Waals surface area contributed by atoms with Crippen molar-refractivity contribution in [2.24, 2.45) is 10.2 Å². The number of nitrogens with one attached hydrogen (secondary N) is 1. The molecule has 1 N–H and O–H groups in total. The average Bonchev–Trinajstić information content (AvgIpc) is 3.19. The molecule has 2 aromatic rings. The van der Waals surface area contributed by atoms with Crippen LogP contribution in [0.25, 0.3) is 0 Å². The first kappa shape index (κ1) is 17.7. The predicted octanol–water partition coefficient (Wildman–Crippen LogP) is 3.76. The number of hydrogen-bond donors (Lipinski definition) is 1. The Morgan fingerprint density at radius 2 is 2.12 bits per heavy atom. The standard InChI is InChI=1S/C16H13F2N3O2S2/c17-15(18)24-12-5-3-10(4-6-12)8-13-14(22)20-16(25-13)21-19-9-11-2-1-7-23-11/h1-7,9,13,15H,8H2,(H,20,21,22)/b19-9-. The van der Waals surface area contributed by atoms with E-state index in [4.69, 9.17) is 4.42 Å². The van der Waals surface area contributed by atoms with E-state index < -0.39 is 5.76 Å². The Labute approximate surface area is 151 Å². The van der Waals surface area contributed by atoms with Crippen LogP contribution in [0.5, 0.6) is 0 Å². The van der Waals surface area contributed by atoms with Crippen LogP contribution in [0.4, 0.5) is 8.78 Å². The summed E-state index contributed by atoms with van der Waals surface area (Å²) in [5, 5.41) is 10.6. The second-order valence-corrected chi connectivity index (χ2v) is 7.24. The summed E-state index contributed by atoms with van der Waals surface area (Å²) in [6.07, 6.45) is 3.46. The van der Waals surface area contributed by atoms with Crippen LogP contribution in [0.1, 0.15) is 11.3 Å². The second-order valence-electron chi connectivity index (χ2n) is 4.99. The van der Waals surface area contributed by atoms with E-state index >= 15 is 0 Å². The zero-order chi connectivity index (χ0) is 17.6. The Morgan fingerprint density at radius 1 is 1.32 bits per heavy atom. The molecule has 0 spiro atoms. The Bertz CT molecular complexity index is 777. The molecule has 1 fully saturated rings. The van der Waals surface area contributed by atoms with Gasteiger partial charge in [0.25, 0.3) is 5.76 Å². The van der Waals surface area contributed by atoms with Gasteiger partial charge in [-0.2, -0.15) is 13.9 Å². The largest absolute Gasteiger partial charge is 0.463 e. The number of thioether (sulfide) groups is 2. The quantitative estimate of drug-likeness (QED) is 0.470. The fraction of sp³-hybridized carbons (Fsp3) is 0.188. The van der Waals surface area contributed by atoms with Gasteiger partial charge in [-0.15, -0.1) is 5.10 Å². The van der Waals surface area contributed by atoms with Crippen LogP contribution in [0.15, 0.2) is 62.2 Å². The van der Waals surface area contributed by atoms with Crippen molar-refractivity contribution in [3.63, 3.8) is 0 Å². The van der Waals surface area contributed by atoms with Crippen molar-refractivity contribution in [2.75, 3.05) is 0 Å². The number of carbonyl (C=O) groups is 1. The average molecular weight is 381 g/mol. The number of carbonyl (C=O) groups excluding carboxylic acids is 1. The lowest BCUT2D eigenvalue weighted by molar-refractivity contribution is -0.118. The second kappa shape index (κ2) is 8.30. The first-order valence-corrected chi connectivity index (χ1v) is 9.02. The Balaban J connectivity index is 1.57. The van der Waals surface area contributed by atoms with Gasteiger partial charge in [0.2, 0.25) is 5.91 Å². The zero-order valence-corrected chi connectivity index (χ0v) is 14.4. The molecule has 5 nitrogen and oxygen atoms in total. The number of amides is 1. The molecule has 9 heteroatoms. The third-order valence-electron chi connectivity index (χ3n) is 3.22. The minimum Gasteiger partial charge on any atom is -0.463 e. The fourth-order valence-electron chi connectivity index (χ4n) is 2.11. The maximum absolute atomic E-state index is 12.3. The molecule has 1 aromatic heterocycles. The molecule has 3 rings (SSSR count). The first-order chi connectivity index (χ1) is 12.1. The van der Waals surface area contributed by atoms with Crippen LogP contribution >= 0.6 is 23.5 Å². The molecule has 1 atom stereocenters. The molecule has 1 saturated heterocycles. The van der Waals surface area contributed by atoms with Crippen molar-refractivity contribution in [2.45, 2.75) is 22.3 Å². The van der Waals surface area contributed by atoms with Gasteiger partial charge in [-0.05, 0) is 36.2 Å². The number of amidine groups is 1. The highest BCUT2D eigenvalue weighted by atomic mass is 32.2. The van der Waals surface area contributed by atoms with Gasteiger partial charge in [0.1, 0.15) is 5.76 Å². The van der Waals surface area contributed by atoms with Crippen LogP contribution in [-0.4, -0.2) is 28.3 Å². The van der Waals surface area contributed by atoms with Crippen molar-refractivity contribution < 1.29 is 18.0 Å². The van der Waals surface area contributed by atoms with Gasteiger partial charge in [-0.1, -0.05) is 35.7 Å². The van der Waals surface area contributed by atoms with Gasteiger partial charge in [0.15, 0.2) is 5.17 Å². The van der Waals surface area contributed by atoms with E-state index in [9.17, 15) is 13.6 Å². The summed E-state index contributed by atoms with van der Waals surface area (Å²) >= 11 is 1.78. The molecule has 0 saturated carbocycles. The highest BCUT2D eigenvalue weighted by molar-refractivity contribution is 8.15. The SMILES string of the molecule is O=C1N/C(=N/N=C\c2ccco2)SC1Cc1ccc(SC(F)F)cc1. The maximum atomic E-state index is 12.3. The minimum absolute atomic E-state index is 0.150. The van der Waals surface area contributed by atoms with Crippen molar-refractivity contribution in [3.05, 3.63) is 54.0 Å². The Morgan fingerprint density at radius 3 is 2.80 bits per heavy atom. The molecule has 130 valence electrons. The molecule has 1 amide bonds. The summed E-state index contributed by atoms with van der Waals surface area (Å²) in [5.74, 6) is -2.03. The van der Waals surface area contributed by atoms with E-state index in [2.05, 4.69) is 15.5 Å². The zero-order valence-electron chi connectivity index (χ0n) is 12.8. The molecule has 0 bridgehead atoms. The highest BCUT2D eigenvalue weighted by Crippen LogP contribution is 2.27. The normalized spacial score (nSPS) is 19.2. The van der Waals surface area contributed by atoms with E-state index in [0.717, 1.165) is 5.56 Å². The molecule has 0 aliphatic carbocycles. The summed E-state index contributed by atoms with van der Waals surface area (Å²) in [4.78, 5) is 12.5. The predicted molar refractivity (Wildman–Crippen MR) is 95.3 cm³/mol. The number of halogens is 2. The number of hydrogen-bond acceptors (Lipinski definition) is 6. The summed E-state index contributed by atoms with van der Waals surface area (Å²) in [6.45, 7) is 0. The summed E-state index contributed by atoms with van der Waals surface area (Å²) in [7, 11) is 0. The number of alkyl halides is 2. The van der Waals surface area contributed by atoms with Gasteiger partial charge in [0, 0.05) is 4.90 Å². The van der Waals surface area contributed by atoms with Gasteiger partial charge < -0.3 is 9.73 Å². The molecule has 1 aliphatic rings. The third kappa shape index (κ3) is 5.17. The fourth-order valence-corrected chi connectivity index (χ4v) is 3.57. The maximum Gasteiger partial charge on any atom is 0.288 e. The molecule has 2 heterocycles. The Hall–Kier alpha value is -2.13. The third-order valence-corrected chi connectivity index (χ3v) is 5.02. The van der Waals surface area contributed by atoms with Gasteiger partial charge >= 0.3 is 0 Å². The topological polar surface area (TPSA) is 67.0 Å². The van der Waals surface area contributed by atoms with E-state index in [1.807, 2.05) is 0 Å². The molecular weight excluding hydrogens is 368 g/mol. The summed E-state index contributed by atoms with van der Waals surface area (Å²) in [6, 6.07) is 10.2. The number of nitrogens with zero attached hydrogens (tertiary/aromatic N) is 2. The molecular formula is C16H13F2N3O2S2. The van der Waals surface area contributed by atoms with Gasteiger partial charge in [-0.3, -0.25) is 4.79 Å². The van der Waals surface area contributed by atoms with Crippen LogP contribution in [0.3, 0.4) is 0 Å². The number of furan rings is 1. The summed E-state index contributed by atoms with van der Waals surface area (Å²) < 4.78 is 29.7. The van der Waals surface area contributed by atoms with Gasteiger partial charge in [-0.25, -0.2) is 0 Å². The van der Waals surface area contributed by atoms with Gasteiger partial charge in [0.05, 0.1) is 17.7 Å². The lowest BCUT2D eigenvalue weighted by Crippen LogP contribution is -2.25. The Kier molecular flexibility index (Phi) is 5.87. The molecule has 1 unspecified atom stereocenters. The van der Waals surface area contributed by atoms with Crippen molar-refractivity contribution >= 4 is 40.8 Å². The monoisotopic (exact) mass is 381 g/mol. The highest BCUT2D eigenvalue weighted by Gasteiger charge is 2.30. The lowest BCUT2D eigenvalue weighted by Gasteiger charge is -2.06. The lowest BCUT2D eigenvalue weighted by atomic mass is 10.1. The molecule has 1 aliphatic heterocycles. The van der Waals surface area contributed by atoms with Crippen LogP contribution in [0, 0.1) is 0 Å². The van der Waals surface area contributed by atoms with Crippen LogP contribution in [0.2, 0.25) is 0 Å². The summed E-state index contributed by atoms with van der Waals surface area (Å²) in [5.41, 5.74) is 0.895. The van der Waals surface area contributed by atoms with Crippen molar-refractivity contribution in [3.8, 4) is 0 Å². The van der Waals surface area contributed by atoms with E-state index in [0.29, 0.717) is 34.0 Å². The first-order valence-electron chi connectivity index (χ1n) is 7.26. The van der Waals surface area contributed by atoms with E-state index in [1.54, 1.807) is 36.4 Å². The molecule has 1 aromatic carbocycles. The number of rotatable bonds is 6. The van der Waals surface area contributed by atoms with E-state index in [1.165, 1.54) is 24.2 Å². The molecule has 25 heavy (non-hydrogen) atoms. The smallest absolute Gasteiger partial charge is 0.288 e. The van der Waals surface area contributed by atoms with Crippen LogP contribution in [-0.2, 0) is 11.2 Å². The van der Waals surface area contributed by atoms with Crippen molar-refractivity contribution in [1.29, 1.82) is 0 Å². The minimum atomic E-state index is -2.44.